The van der Waals surface area contributed by atoms with Gasteiger partial charge in [-0.3, -0.25) is 0 Å². The fraction of sp³-hybridized carbons (Fsp3) is 1.00. The van der Waals surface area contributed by atoms with Crippen LogP contribution in [-0.4, -0.2) is 37.0 Å². The average molecular weight is 271 g/mol. The Morgan fingerprint density at radius 2 is 1.89 bits per heavy atom. The molecular formula is C16H33NO2. The maximum Gasteiger partial charge on any atom is 0.0897 e. The van der Waals surface area contributed by atoms with Gasteiger partial charge in [0.2, 0.25) is 0 Å². The zero-order chi connectivity index (χ0) is 13.9. The molecule has 0 saturated heterocycles. The van der Waals surface area contributed by atoms with Crippen molar-refractivity contribution in [2.75, 3.05) is 19.8 Å². The lowest BCUT2D eigenvalue weighted by atomic mass is 9.93. The molecule has 0 spiro atoms. The van der Waals surface area contributed by atoms with Gasteiger partial charge in [0.15, 0.2) is 0 Å². The zero-order valence-electron chi connectivity index (χ0n) is 12.9. The van der Waals surface area contributed by atoms with Crippen LogP contribution in [0.1, 0.15) is 65.2 Å². The normalized spacial score (nSPS) is 21.0. The number of ether oxygens (including phenoxy) is 1. The second-order valence-corrected chi connectivity index (χ2v) is 6.03. The molecule has 2 atom stereocenters. The minimum absolute atomic E-state index is 0.370. The standard InChI is InChI=1S/C16H33NO2/c1-3-4-11-19-13-16(18)12-17-14(2)15-9-7-5-6-8-10-15/h14-18H,3-13H2,1-2H3/t14-,16?/m0/s1. The Morgan fingerprint density at radius 3 is 2.53 bits per heavy atom. The van der Waals surface area contributed by atoms with Crippen molar-refractivity contribution in [1.82, 2.24) is 5.32 Å². The molecule has 3 nitrogen and oxygen atoms in total. The van der Waals surface area contributed by atoms with Crippen molar-refractivity contribution in [1.29, 1.82) is 0 Å². The van der Waals surface area contributed by atoms with E-state index < -0.39 is 0 Å². The third kappa shape index (κ3) is 7.91. The first-order valence-electron chi connectivity index (χ1n) is 8.23. The summed E-state index contributed by atoms with van der Waals surface area (Å²) in [7, 11) is 0. The van der Waals surface area contributed by atoms with Gasteiger partial charge in [-0.15, -0.1) is 0 Å². The molecule has 1 aliphatic rings. The fourth-order valence-corrected chi connectivity index (χ4v) is 2.82. The van der Waals surface area contributed by atoms with Crippen LogP contribution < -0.4 is 5.32 Å². The highest BCUT2D eigenvalue weighted by atomic mass is 16.5. The molecule has 2 N–H and O–H groups in total. The lowest BCUT2D eigenvalue weighted by Gasteiger charge is -2.25. The van der Waals surface area contributed by atoms with E-state index in [1.54, 1.807) is 0 Å². The van der Waals surface area contributed by atoms with E-state index in [1.165, 1.54) is 38.5 Å². The number of rotatable bonds is 9. The summed E-state index contributed by atoms with van der Waals surface area (Å²) in [5.41, 5.74) is 0. The Balaban J connectivity index is 2.08. The maximum absolute atomic E-state index is 9.86. The molecule has 3 heteroatoms. The van der Waals surface area contributed by atoms with Crippen molar-refractivity contribution in [3.63, 3.8) is 0 Å². The summed E-state index contributed by atoms with van der Waals surface area (Å²) < 4.78 is 5.44. The van der Waals surface area contributed by atoms with Crippen molar-refractivity contribution >= 4 is 0 Å². The summed E-state index contributed by atoms with van der Waals surface area (Å²) in [4.78, 5) is 0. The first kappa shape index (κ1) is 16.9. The van der Waals surface area contributed by atoms with Gasteiger partial charge in [-0.25, -0.2) is 0 Å². The third-order valence-electron chi connectivity index (χ3n) is 4.23. The summed E-state index contributed by atoms with van der Waals surface area (Å²) in [6.07, 6.45) is 10.1. The summed E-state index contributed by atoms with van der Waals surface area (Å²) in [6.45, 7) is 6.30. The topological polar surface area (TPSA) is 41.5 Å². The van der Waals surface area contributed by atoms with Gasteiger partial charge in [0.1, 0.15) is 0 Å². The van der Waals surface area contributed by atoms with Crippen molar-refractivity contribution < 1.29 is 9.84 Å². The lowest BCUT2D eigenvalue weighted by molar-refractivity contribution is 0.0337. The van der Waals surface area contributed by atoms with Crippen LogP contribution in [0.2, 0.25) is 0 Å². The minimum Gasteiger partial charge on any atom is -0.389 e. The van der Waals surface area contributed by atoms with Crippen molar-refractivity contribution in [3.05, 3.63) is 0 Å². The second-order valence-electron chi connectivity index (χ2n) is 6.03. The van der Waals surface area contributed by atoms with Gasteiger partial charge in [0.25, 0.3) is 0 Å². The zero-order valence-corrected chi connectivity index (χ0v) is 12.9. The molecule has 0 radical (unpaired) electrons. The van der Waals surface area contributed by atoms with Crippen LogP contribution in [0, 0.1) is 5.92 Å². The van der Waals surface area contributed by atoms with Crippen LogP contribution in [0.25, 0.3) is 0 Å². The van der Waals surface area contributed by atoms with Crippen LogP contribution >= 0.6 is 0 Å². The molecule has 0 amide bonds. The van der Waals surface area contributed by atoms with Gasteiger partial charge in [0.05, 0.1) is 12.7 Å². The van der Waals surface area contributed by atoms with Crippen LogP contribution in [0.3, 0.4) is 0 Å². The Kier molecular flexibility index (Phi) is 9.48. The van der Waals surface area contributed by atoms with Crippen LogP contribution in [0.5, 0.6) is 0 Å². The van der Waals surface area contributed by atoms with Gasteiger partial charge in [-0.1, -0.05) is 39.0 Å². The molecule has 0 aromatic heterocycles. The third-order valence-corrected chi connectivity index (χ3v) is 4.23. The van der Waals surface area contributed by atoms with E-state index >= 15 is 0 Å². The first-order valence-corrected chi connectivity index (χ1v) is 8.23. The number of unbranched alkanes of at least 4 members (excludes halogenated alkanes) is 1. The summed E-state index contributed by atoms with van der Waals surface area (Å²) in [5.74, 6) is 0.788. The number of hydrogen-bond donors (Lipinski definition) is 2. The molecule has 0 heterocycles. The molecule has 1 saturated carbocycles. The van der Waals surface area contributed by atoms with Gasteiger partial charge >= 0.3 is 0 Å². The second kappa shape index (κ2) is 10.6. The molecule has 1 rings (SSSR count). The average Bonchev–Trinajstić information content (AvgIpc) is 2.70. The molecular weight excluding hydrogens is 238 g/mol. The van der Waals surface area contributed by atoms with Crippen LogP contribution in [0.4, 0.5) is 0 Å². The van der Waals surface area contributed by atoms with E-state index in [0.29, 0.717) is 19.2 Å². The molecule has 1 fully saturated rings. The number of nitrogens with one attached hydrogen (secondary N) is 1. The Hall–Kier alpha value is -0.120. The molecule has 0 bridgehead atoms. The number of aliphatic hydroxyl groups is 1. The lowest BCUT2D eigenvalue weighted by Crippen LogP contribution is -2.39. The predicted octanol–water partition coefficient (Wildman–Crippen LogP) is 3.11. The summed E-state index contributed by atoms with van der Waals surface area (Å²) in [5, 5.41) is 13.4. The Morgan fingerprint density at radius 1 is 1.21 bits per heavy atom. The molecule has 0 aliphatic heterocycles. The van der Waals surface area contributed by atoms with E-state index in [-0.39, 0.29) is 6.10 Å². The van der Waals surface area contributed by atoms with E-state index in [9.17, 15) is 5.11 Å². The maximum atomic E-state index is 9.86. The number of aliphatic hydroxyl groups excluding tert-OH is 1. The molecule has 0 aromatic carbocycles. The summed E-state index contributed by atoms with van der Waals surface area (Å²) in [6, 6.07) is 0.517. The first-order chi connectivity index (χ1) is 9.24. The quantitative estimate of drug-likeness (QED) is 0.500. The van der Waals surface area contributed by atoms with Crippen LogP contribution in [0.15, 0.2) is 0 Å². The SMILES string of the molecule is CCCCOCC(O)CN[C@@H](C)C1CCCCCC1. The molecule has 1 aliphatic carbocycles. The summed E-state index contributed by atoms with van der Waals surface area (Å²) >= 11 is 0. The Labute approximate surface area is 119 Å². The highest BCUT2D eigenvalue weighted by Gasteiger charge is 2.19. The molecule has 114 valence electrons. The van der Waals surface area contributed by atoms with Crippen molar-refractivity contribution in [2.24, 2.45) is 5.92 Å². The molecule has 0 aromatic rings. The van der Waals surface area contributed by atoms with Gasteiger partial charge < -0.3 is 15.2 Å². The predicted molar refractivity (Wildman–Crippen MR) is 80.4 cm³/mol. The van der Waals surface area contributed by atoms with E-state index in [2.05, 4.69) is 19.2 Å². The van der Waals surface area contributed by atoms with Crippen molar-refractivity contribution in [2.45, 2.75) is 77.4 Å². The molecule has 19 heavy (non-hydrogen) atoms. The Bertz CT molecular complexity index is 203. The van der Waals surface area contributed by atoms with Gasteiger partial charge in [-0.2, -0.15) is 0 Å². The largest absolute Gasteiger partial charge is 0.389 e. The smallest absolute Gasteiger partial charge is 0.0897 e. The molecule has 1 unspecified atom stereocenters. The number of hydrogen-bond acceptors (Lipinski definition) is 3. The van der Waals surface area contributed by atoms with E-state index in [0.717, 1.165) is 25.4 Å². The van der Waals surface area contributed by atoms with Crippen molar-refractivity contribution in [3.8, 4) is 0 Å². The monoisotopic (exact) mass is 271 g/mol. The van der Waals surface area contributed by atoms with Gasteiger partial charge in [0, 0.05) is 19.2 Å². The highest BCUT2D eigenvalue weighted by molar-refractivity contribution is 4.76. The van der Waals surface area contributed by atoms with Crippen LogP contribution in [-0.2, 0) is 4.74 Å². The fourth-order valence-electron chi connectivity index (χ4n) is 2.82. The van der Waals surface area contributed by atoms with E-state index in [4.69, 9.17) is 4.74 Å². The van der Waals surface area contributed by atoms with Gasteiger partial charge in [-0.05, 0) is 32.1 Å². The minimum atomic E-state index is -0.370. The highest BCUT2D eigenvalue weighted by Crippen LogP contribution is 2.25. The van der Waals surface area contributed by atoms with E-state index in [1.807, 2.05) is 0 Å².